The first-order valence-electron chi connectivity index (χ1n) is 10.1. The van der Waals surface area contributed by atoms with Crippen LogP contribution in [0.25, 0.3) is 22.3 Å². The highest BCUT2D eigenvalue weighted by molar-refractivity contribution is 7.99. The van der Waals surface area contributed by atoms with Crippen molar-refractivity contribution in [1.29, 1.82) is 0 Å². The number of amides is 1. The van der Waals surface area contributed by atoms with Gasteiger partial charge in [-0.3, -0.25) is 4.79 Å². The van der Waals surface area contributed by atoms with Crippen molar-refractivity contribution in [3.63, 3.8) is 0 Å². The van der Waals surface area contributed by atoms with E-state index >= 15 is 0 Å². The third-order valence-electron chi connectivity index (χ3n) is 5.75. The maximum Gasteiger partial charge on any atom is 0.255 e. The second-order valence-corrected chi connectivity index (χ2v) is 8.44. The standard InChI is InChI=1S/C23H26FN3O2S/c1-25-23(28)21-18-11-17(15-5-4-10-26-13-15)19(27(2)30-3)12-20(18)29-22(21)14-6-8-16(24)9-7-14/h6-9,11-12,15,26H,4-5,10,13H2,1-3H3,(H,25,28)/t15-/m1/s1. The molecule has 1 amide bonds. The van der Waals surface area contributed by atoms with Crippen LogP contribution >= 0.6 is 11.9 Å². The Morgan fingerprint density at radius 2 is 2.07 bits per heavy atom. The first-order valence-corrected chi connectivity index (χ1v) is 11.3. The van der Waals surface area contributed by atoms with Crippen molar-refractivity contribution < 1.29 is 13.6 Å². The van der Waals surface area contributed by atoms with Crippen LogP contribution in [0.3, 0.4) is 0 Å². The number of piperidine rings is 1. The van der Waals surface area contributed by atoms with Gasteiger partial charge in [0, 0.05) is 43.9 Å². The van der Waals surface area contributed by atoms with Gasteiger partial charge in [-0.25, -0.2) is 4.39 Å². The minimum Gasteiger partial charge on any atom is -0.455 e. The molecule has 4 rings (SSSR count). The molecular formula is C23H26FN3O2S. The van der Waals surface area contributed by atoms with Crippen LogP contribution < -0.4 is 14.9 Å². The van der Waals surface area contributed by atoms with Crippen LogP contribution in [0, 0.1) is 5.82 Å². The lowest BCUT2D eigenvalue weighted by atomic mass is 9.89. The molecule has 0 bridgehead atoms. The molecule has 0 unspecified atom stereocenters. The van der Waals surface area contributed by atoms with E-state index in [9.17, 15) is 9.18 Å². The molecule has 1 fully saturated rings. The number of halogens is 1. The van der Waals surface area contributed by atoms with Crippen molar-refractivity contribution in [2.75, 3.05) is 37.7 Å². The highest BCUT2D eigenvalue weighted by Gasteiger charge is 2.26. The fourth-order valence-electron chi connectivity index (χ4n) is 4.12. The molecule has 1 atom stereocenters. The second-order valence-electron chi connectivity index (χ2n) is 7.52. The number of benzene rings is 2. The minimum atomic E-state index is -0.327. The molecule has 3 aromatic rings. The van der Waals surface area contributed by atoms with E-state index in [-0.39, 0.29) is 11.7 Å². The Balaban J connectivity index is 1.96. The second kappa shape index (κ2) is 8.70. The summed E-state index contributed by atoms with van der Waals surface area (Å²) in [5.41, 5.74) is 4.11. The smallest absolute Gasteiger partial charge is 0.255 e. The van der Waals surface area contributed by atoms with Gasteiger partial charge in [-0.1, -0.05) is 11.9 Å². The molecule has 2 aromatic carbocycles. The molecular weight excluding hydrogens is 401 g/mol. The van der Waals surface area contributed by atoms with Crippen LogP contribution in [-0.2, 0) is 0 Å². The SMILES string of the molecule is CNC(=O)c1c(-c2ccc(F)cc2)oc2cc(N(C)SC)c([C@@H]3CCCNC3)cc12. The topological polar surface area (TPSA) is 57.5 Å². The first-order chi connectivity index (χ1) is 14.5. The summed E-state index contributed by atoms with van der Waals surface area (Å²) in [6.07, 6.45) is 4.26. The van der Waals surface area contributed by atoms with E-state index < -0.39 is 0 Å². The predicted octanol–water partition coefficient (Wildman–Crippen LogP) is 4.78. The van der Waals surface area contributed by atoms with Gasteiger partial charge in [0.15, 0.2) is 0 Å². The van der Waals surface area contributed by atoms with Crippen LogP contribution in [0.4, 0.5) is 10.1 Å². The summed E-state index contributed by atoms with van der Waals surface area (Å²) in [5, 5.41) is 7.00. The number of furan rings is 1. The Kier molecular flexibility index (Phi) is 6.01. The van der Waals surface area contributed by atoms with E-state index in [0.29, 0.717) is 28.4 Å². The van der Waals surface area contributed by atoms with E-state index in [1.54, 1.807) is 31.1 Å². The molecule has 1 aromatic heterocycles. The van der Waals surface area contributed by atoms with Crippen molar-refractivity contribution in [3.8, 4) is 11.3 Å². The third-order valence-corrected chi connectivity index (χ3v) is 6.49. The van der Waals surface area contributed by atoms with Gasteiger partial charge in [-0.2, -0.15) is 0 Å². The number of fused-ring (bicyclic) bond motifs is 1. The summed E-state index contributed by atoms with van der Waals surface area (Å²) in [4.78, 5) is 12.8. The monoisotopic (exact) mass is 427 g/mol. The highest BCUT2D eigenvalue weighted by Crippen LogP contribution is 2.41. The van der Waals surface area contributed by atoms with Crippen LogP contribution in [0.2, 0.25) is 0 Å². The number of anilines is 1. The molecule has 0 radical (unpaired) electrons. The largest absolute Gasteiger partial charge is 0.455 e. The van der Waals surface area contributed by atoms with Crippen molar-refractivity contribution in [2.24, 2.45) is 0 Å². The van der Waals surface area contributed by atoms with Crippen molar-refractivity contribution in [1.82, 2.24) is 10.6 Å². The zero-order valence-corrected chi connectivity index (χ0v) is 18.2. The number of nitrogens with one attached hydrogen (secondary N) is 2. The quantitative estimate of drug-likeness (QED) is 0.574. The van der Waals surface area contributed by atoms with Crippen molar-refractivity contribution in [3.05, 3.63) is 53.3 Å². The van der Waals surface area contributed by atoms with Gasteiger partial charge >= 0.3 is 0 Å². The summed E-state index contributed by atoms with van der Waals surface area (Å²) in [6, 6.07) is 10.2. The molecule has 7 heteroatoms. The molecule has 2 heterocycles. The Bertz CT molecular complexity index is 1060. The maximum absolute atomic E-state index is 13.4. The minimum absolute atomic E-state index is 0.216. The Labute approximate surface area is 180 Å². The van der Waals surface area contributed by atoms with Gasteiger partial charge in [0.05, 0.1) is 11.3 Å². The maximum atomic E-state index is 13.4. The van der Waals surface area contributed by atoms with Gasteiger partial charge in [-0.05, 0) is 61.2 Å². The summed E-state index contributed by atoms with van der Waals surface area (Å²) >= 11 is 1.63. The van der Waals surface area contributed by atoms with Gasteiger partial charge in [0.2, 0.25) is 0 Å². The van der Waals surface area contributed by atoms with E-state index in [0.717, 1.165) is 37.0 Å². The predicted molar refractivity (Wildman–Crippen MR) is 122 cm³/mol. The third kappa shape index (κ3) is 3.79. The summed E-state index contributed by atoms with van der Waals surface area (Å²) in [7, 11) is 3.65. The molecule has 1 aliphatic heterocycles. The molecule has 158 valence electrons. The molecule has 5 nitrogen and oxygen atoms in total. The first kappa shape index (κ1) is 20.8. The summed E-state index contributed by atoms with van der Waals surface area (Å²) in [5.74, 6) is 0.287. The fraction of sp³-hybridized carbons (Fsp3) is 0.348. The van der Waals surface area contributed by atoms with E-state index in [1.807, 2.05) is 19.4 Å². The number of carbonyl (C=O) groups excluding carboxylic acids is 1. The number of carbonyl (C=O) groups is 1. The van der Waals surface area contributed by atoms with Gasteiger partial charge < -0.3 is 19.4 Å². The molecule has 2 N–H and O–H groups in total. The van der Waals surface area contributed by atoms with Crippen molar-refractivity contribution in [2.45, 2.75) is 18.8 Å². The fourth-order valence-corrected chi connectivity index (χ4v) is 4.47. The van der Waals surface area contributed by atoms with Crippen LogP contribution in [0.15, 0.2) is 40.8 Å². The zero-order chi connectivity index (χ0) is 21.3. The Morgan fingerprint density at radius 1 is 1.30 bits per heavy atom. The molecule has 1 saturated heterocycles. The number of hydrogen-bond acceptors (Lipinski definition) is 5. The normalized spacial score (nSPS) is 16.6. The van der Waals surface area contributed by atoms with Gasteiger partial charge in [0.1, 0.15) is 17.2 Å². The van der Waals surface area contributed by atoms with Crippen LogP contribution in [-0.4, -0.2) is 39.3 Å². The molecule has 1 aliphatic rings. The Morgan fingerprint density at radius 3 is 2.70 bits per heavy atom. The van der Waals surface area contributed by atoms with Crippen LogP contribution in [0.5, 0.6) is 0 Å². The lowest BCUT2D eigenvalue weighted by molar-refractivity contribution is 0.0964. The average Bonchev–Trinajstić information content (AvgIpc) is 3.16. The molecule has 0 aliphatic carbocycles. The Hall–Kier alpha value is -2.51. The molecule has 30 heavy (non-hydrogen) atoms. The van der Waals surface area contributed by atoms with E-state index in [4.69, 9.17) is 4.42 Å². The van der Waals surface area contributed by atoms with Crippen LogP contribution in [0.1, 0.15) is 34.7 Å². The molecule has 0 spiro atoms. The van der Waals surface area contributed by atoms with Gasteiger partial charge in [-0.15, -0.1) is 0 Å². The average molecular weight is 428 g/mol. The summed E-state index contributed by atoms with van der Waals surface area (Å²) in [6.45, 7) is 1.95. The lowest BCUT2D eigenvalue weighted by Crippen LogP contribution is -2.29. The lowest BCUT2D eigenvalue weighted by Gasteiger charge is -2.28. The number of rotatable bonds is 5. The van der Waals surface area contributed by atoms with E-state index in [1.165, 1.54) is 17.7 Å². The highest BCUT2D eigenvalue weighted by atomic mass is 32.2. The molecule has 0 saturated carbocycles. The zero-order valence-electron chi connectivity index (χ0n) is 17.4. The number of hydrogen-bond donors (Lipinski definition) is 2. The van der Waals surface area contributed by atoms with Gasteiger partial charge in [0.25, 0.3) is 5.91 Å². The summed E-state index contributed by atoms with van der Waals surface area (Å²) < 4.78 is 21.8. The number of nitrogens with zero attached hydrogens (tertiary/aromatic N) is 1. The van der Waals surface area contributed by atoms with Crippen molar-refractivity contribution >= 4 is 34.5 Å². The van der Waals surface area contributed by atoms with E-state index in [2.05, 4.69) is 21.0 Å².